The number of ether oxygens (including phenoxy) is 1. The number of hydrogen-bond acceptors (Lipinski definition) is 6. The van der Waals surface area contributed by atoms with E-state index in [0.29, 0.717) is 36.4 Å². The highest BCUT2D eigenvalue weighted by molar-refractivity contribution is 7.99. The number of rotatable bonds is 3. The lowest BCUT2D eigenvalue weighted by Crippen LogP contribution is -2.52. The van der Waals surface area contributed by atoms with Gasteiger partial charge in [0.1, 0.15) is 11.9 Å². The summed E-state index contributed by atoms with van der Waals surface area (Å²) in [5, 5.41) is 0.592. The molecule has 2 saturated heterocycles. The number of morpholine rings is 1. The summed E-state index contributed by atoms with van der Waals surface area (Å²) in [6.07, 6.45) is -0.431. The smallest absolute Gasteiger partial charge is 0.258 e. The van der Waals surface area contributed by atoms with Gasteiger partial charge >= 0.3 is 0 Å². The van der Waals surface area contributed by atoms with E-state index in [1.165, 1.54) is 0 Å². The van der Waals surface area contributed by atoms with Gasteiger partial charge in [0.05, 0.1) is 24.1 Å². The highest BCUT2D eigenvalue weighted by Gasteiger charge is 2.31. The Labute approximate surface area is 155 Å². The molecule has 138 valence electrons. The van der Waals surface area contributed by atoms with Gasteiger partial charge in [-0.1, -0.05) is 12.1 Å². The Morgan fingerprint density at radius 2 is 2.08 bits per heavy atom. The predicted molar refractivity (Wildman–Crippen MR) is 101 cm³/mol. The largest absolute Gasteiger partial charge is 0.366 e. The lowest BCUT2D eigenvalue weighted by Gasteiger charge is -2.35. The predicted octanol–water partition coefficient (Wildman–Crippen LogP) is 0.699. The third kappa shape index (κ3) is 3.77. The summed E-state index contributed by atoms with van der Waals surface area (Å²) >= 11 is 1.88. The molecule has 26 heavy (non-hydrogen) atoms. The molecule has 0 radical (unpaired) electrons. The highest BCUT2D eigenvalue weighted by atomic mass is 32.2. The van der Waals surface area contributed by atoms with Crippen LogP contribution in [-0.4, -0.2) is 76.1 Å². The zero-order chi connectivity index (χ0) is 17.9. The van der Waals surface area contributed by atoms with Crippen LogP contribution >= 0.6 is 11.8 Å². The molecule has 1 aromatic carbocycles. The molecule has 2 aliphatic heterocycles. The van der Waals surface area contributed by atoms with Crippen LogP contribution in [0.25, 0.3) is 10.9 Å². The fourth-order valence-corrected chi connectivity index (χ4v) is 4.31. The number of amides is 1. The van der Waals surface area contributed by atoms with Gasteiger partial charge in [0.15, 0.2) is 0 Å². The van der Waals surface area contributed by atoms with Crippen LogP contribution in [0.15, 0.2) is 29.1 Å². The van der Waals surface area contributed by atoms with Crippen LogP contribution < -0.4 is 5.56 Å². The van der Waals surface area contributed by atoms with Crippen LogP contribution in [0.1, 0.15) is 5.82 Å². The molecule has 2 fully saturated rings. The van der Waals surface area contributed by atoms with E-state index in [9.17, 15) is 9.59 Å². The van der Waals surface area contributed by atoms with Gasteiger partial charge in [0.25, 0.3) is 11.5 Å². The Balaban J connectivity index is 1.45. The molecular weight excluding hydrogens is 352 g/mol. The minimum atomic E-state index is -0.431. The quantitative estimate of drug-likeness (QED) is 0.852. The van der Waals surface area contributed by atoms with Crippen molar-refractivity contribution < 1.29 is 9.53 Å². The van der Waals surface area contributed by atoms with Crippen LogP contribution in [0.5, 0.6) is 0 Å². The number of para-hydroxylation sites is 1. The summed E-state index contributed by atoms with van der Waals surface area (Å²) in [7, 11) is 0. The second-order valence-corrected chi connectivity index (χ2v) is 7.79. The summed E-state index contributed by atoms with van der Waals surface area (Å²) in [6, 6.07) is 7.31. The van der Waals surface area contributed by atoms with Crippen molar-refractivity contribution in [2.24, 2.45) is 0 Å². The Morgan fingerprint density at radius 3 is 2.92 bits per heavy atom. The number of carbonyl (C=O) groups is 1. The van der Waals surface area contributed by atoms with Gasteiger partial charge in [-0.15, -0.1) is 0 Å². The molecule has 1 aromatic heterocycles. The van der Waals surface area contributed by atoms with Crippen molar-refractivity contribution in [2.45, 2.75) is 12.6 Å². The maximum Gasteiger partial charge on any atom is 0.258 e. The number of benzene rings is 1. The van der Waals surface area contributed by atoms with Gasteiger partial charge in [0, 0.05) is 37.7 Å². The van der Waals surface area contributed by atoms with Gasteiger partial charge < -0.3 is 14.6 Å². The normalized spacial score (nSPS) is 21.8. The summed E-state index contributed by atoms with van der Waals surface area (Å²) in [6.45, 7) is 3.85. The van der Waals surface area contributed by atoms with E-state index in [0.717, 1.165) is 31.1 Å². The first kappa shape index (κ1) is 17.5. The average molecular weight is 374 g/mol. The molecule has 1 amide bonds. The second-order valence-electron chi connectivity index (χ2n) is 6.56. The Bertz CT molecular complexity index is 850. The Kier molecular flexibility index (Phi) is 5.23. The van der Waals surface area contributed by atoms with Gasteiger partial charge in [0.2, 0.25) is 0 Å². The van der Waals surface area contributed by atoms with Crippen molar-refractivity contribution in [3.05, 3.63) is 40.4 Å². The van der Waals surface area contributed by atoms with Crippen LogP contribution in [0.3, 0.4) is 0 Å². The Morgan fingerprint density at radius 1 is 1.27 bits per heavy atom. The number of aromatic nitrogens is 2. The molecule has 0 saturated carbocycles. The number of nitrogens with zero attached hydrogens (tertiary/aromatic N) is 3. The summed E-state index contributed by atoms with van der Waals surface area (Å²) in [5.74, 6) is 2.68. The SMILES string of the molecule is O=C(C1CN(Cc2nc3ccccc3c(=O)[nH]2)CCO1)N1CCSCC1. The van der Waals surface area contributed by atoms with Gasteiger partial charge in [-0.3, -0.25) is 14.5 Å². The molecular formula is C18H22N4O3S. The van der Waals surface area contributed by atoms with Crippen molar-refractivity contribution in [2.75, 3.05) is 44.3 Å². The van der Waals surface area contributed by atoms with Gasteiger partial charge in [-0.25, -0.2) is 4.98 Å². The number of H-pyrrole nitrogens is 1. The van der Waals surface area contributed by atoms with E-state index in [4.69, 9.17) is 4.74 Å². The number of nitrogens with one attached hydrogen (secondary N) is 1. The fourth-order valence-electron chi connectivity index (χ4n) is 3.40. The monoisotopic (exact) mass is 374 g/mol. The lowest BCUT2D eigenvalue weighted by molar-refractivity contribution is -0.149. The zero-order valence-electron chi connectivity index (χ0n) is 14.5. The summed E-state index contributed by atoms with van der Waals surface area (Å²) in [5.41, 5.74) is 0.565. The molecule has 0 spiro atoms. The first-order chi connectivity index (χ1) is 12.7. The first-order valence-electron chi connectivity index (χ1n) is 8.89. The second kappa shape index (κ2) is 7.77. The van der Waals surface area contributed by atoms with Crippen molar-refractivity contribution in [3.8, 4) is 0 Å². The maximum atomic E-state index is 12.7. The molecule has 2 aromatic rings. The number of fused-ring (bicyclic) bond motifs is 1. The van der Waals surface area contributed by atoms with Crippen LogP contribution in [-0.2, 0) is 16.1 Å². The third-order valence-electron chi connectivity index (χ3n) is 4.78. The number of hydrogen-bond donors (Lipinski definition) is 1. The highest BCUT2D eigenvalue weighted by Crippen LogP contribution is 2.15. The van der Waals surface area contributed by atoms with Gasteiger partial charge in [-0.05, 0) is 12.1 Å². The van der Waals surface area contributed by atoms with Crippen LogP contribution in [0, 0.1) is 0 Å². The number of thioether (sulfide) groups is 1. The minimum absolute atomic E-state index is 0.0787. The molecule has 4 rings (SSSR count). The minimum Gasteiger partial charge on any atom is -0.366 e. The first-order valence-corrected chi connectivity index (χ1v) is 10.0. The van der Waals surface area contributed by atoms with E-state index in [1.807, 2.05) is 34.9 Å². The molecule has 2 aliphatic rings. The lowest BCUT2D eigenvalue weighted by atomic mass is 10.2. The Hall–Kier alpha value is -1.90. The van der Waals surface area contributed by atoms with Gasteiger partial charge in [-0.2, -0.15) is 11.8 Å². The number of carbonyl (C=O) groups excluding carboxylic acids is 1. The summed E-state index contributed by atoms with van der Waals surface area (Å²) < 4.78 is 5.72. The van der Waals surface area contributed by atoms with Crippen LogP contribution in [0.2, 0.25) is 0 Å². The van der Waals surface area contributed by atoms with Crippen molar-refractivity contribution in [3.63, 3.8) is 0 Å². The van der Waals surface area contributed by atoms with E-state index in [2.05, 4.69) is 14.9 Å². The van der Waals surface area contributed by atoms with E-state index < -0.39 is 6.10 Å². The van der Waals surface area contributed by atoms with Crippen molar-refractivity contribution in [1.82, 2.24) is 19.8 Å². The van der Waals surface area contributed by atoms with Crippen LogP contribution in [0.4, 0.5) is 0 Å². The molecule has 8 heteroatoms. The van der Waals surface area contributed by atoms with E-state index in [-0.39, 0.29) is 11.5 Å². The molecule has 3 heterocycles. The molecule has 7 nitrogen and oxygen atoms in total. The van der Waals surface area contributed by atoms with Crippen molar-refractivity contribution in [1.29, 1.82) is 0 Å². The van der Waals surface area contributed by atoms with E-state index >= 15 is 0 Å². The fraction of sp³-hybridized carbons (Fsp3) is 0.500. The standard InChI is InChI=1S/C18H22N4O3S/c23-17-13-3-1-2-4-14(13)19-16(20-17)12-21-5-8-25-15(11-21)18(24)22-6-9-26-10-7-22/h1-4,15H,5-12H2,(H,19,20,23). The average Bonchev–Trinajstić information content (AvgIpc) is 2.68. The number of aromatic amines is 1. The van der Waals surface area contributed by atoms with Crippen molar-refractivity contribution >= 4 is 28.6 Å². The molecule has 1 unspecified atom stereocenters. The third-order valence-corrected chi connectivity index (χ3v) is 5.73. The van der Waals surface area contributed by atoms with E-state index in [1.54, 1.807) is 6.07 Å². The topological polar surface area (TPSA) is 78.5 Å². The summed E-state index contributed by atoms with van der Waals surface area (Å²) in [4.78, 5) is 36.3. The maximum absolute atomic E-state index is 12.7. The molecule has 1 atom stereocenters. The molecule has 0 aliphatic carbocycles. The zero-order valence-corrected chi connectivity index (χ0v) is 15.3. The molecule has 1 N–H and O–H groups in total. The molecule has 0 bridgehead atoms.